The highest BCUT2D eigenvalue weighted by atomic mass is 16.6. The predicted molar refractivity (Wildman–Crippen MR) is 126 cm³/mol. The van der Waals surface area contributed by atoms with Gasteiger partial charge in [0.15, 0.2) is 0 Å². The van der Waals surface area contributed by atoms with Crippen molar-refractivity contribution in [1.29, 1.82) is 0 Å². The van der Waals surface area contributed by atoms with Crippen LogP contribution in [0.1, 0.15) is 21.5 Å². The smallest absolute Gasteiger partial charge is 0.326 e. The van der Waals surface area contributed by atoms with Gasteiger partial charge in [-0.15, -0.1) is 0 Å². The number of hydrogen-bond donors (Lipinski definition) is 4. The van der Waals surface area contributed by atoms with Crippen molar-refractivity contribution < 1.29 is 29.5 Å². The van der Waals surface area contributed by atoms with Crippen molar-refractivity contribution in [3.05, 3.63) is 106 Å². The van der Waals surface area contributed by atoms with E-state index in [-0.39, 0.29) is 29.8 Å². The van der Waals surface area contributed by atoms with Crippen molar-refractivity contribution in [2.24, 2.45) is 0 Å². The topological polar surface area (TPSA) is 159 Å². The Hall–Kier alpha value is -4.73. The van der Waals surface area contributed by atoms with Crippen LogP contribution >= 0.6 is 0 Å². The van der Waals surface area contributed by atoms with Crippen molar-refractivity contribution in [2.75, 3.05) is 0 Å². The standard InChI is InChI=1S/C25H23N3O7/c29-20-12-6-17(7-13-20)14-21(26-23(30)18-8-10-19(11-9-18)28(34)35)24(31)27-22(25(32)33)15-16-4-2-1-3-5-16/h1-13,21-22,29H,14-15H2,(H,26,30)(H,27,31)(H,32,33). The highest BCUT2D eigenvalue weighted by molar-refractivity contribution is 5.98. The van der Waals surface area contributed by atoms with Gasteiger partial charge in [-0.1, -0.05) is 42.5 Å². The largest absolute Gasteiger partial charge is 0.508 e. The number of rotatable bonds is 10. The van der Waals surface area contributed by atoms with E-state index in [1.807, 2.05) is 0 Å². The molecule has 2 atom stereocenters. The van der Waals surface area contributed by atoms with Gasteiger partial charge < -0.3 is 20.8 Å². The number of carboxylic acids is 1. The van der Waals surface area contributed by atoms with Crippen molar-refractivity contribution in [3.63, 3.8) is 0 Å². The number of aromatic hydroxyl groups is 1. The molecule has 0 aliphatic rings. The van der Waals surface area contributed by atoms with Crippen LogP contribution in [0.2, 0.25) is 0 Å². The lowest BCUT2D eigenvalue weighted by Crippen LogP contribution is -2.53. The maximum absolute atomic E-state index is 13.1. The van der Waals surface area contributed by atoms with E-state index in [0.29, 0.717) is 11.1 Å². The first-order valence-corrected chi connectivity index (χ1v) is 10.6. The fourth-order valence-electron chi connectivity index (χ4n) is 3.38. The van der Waals surface area contributed by atoms with E-state index in [2.05, 4.69) is 10.6 Å². The fourth-order valence-corrected chi connectivity index (χ4v) is 3.38. The number of benzene rings is 3. The number of carboxylic acid groups (broad SMARTS) is 1. The summed E-state index contributed by atoms with van der Waals surface area (Å²) in [5.41, 5.74) is 1.23. The number of nitrogens with one attached hydrogen (secondary N) is 2. The summed E-state index contributed by atoms with van der Waals surface area (Å²) in [5, 5.41) is 35.1. The zero-order valence-corrected chi connectivity index (χ0v) is 18.5. The molecule has 3 aromatic rings. The van der Waals surface area contributed by atoms with Crippen LogP contribution in [0.3, 0.4) is 0 Å². The van der Waals surface area contributed by atoms with E-state index in [1.165, 1.54) is 36.4 Å². The lowest BCUT2D eigenvalue weighted by Gasteiger charge is -2.22. The predicted octanol–water partition coefficient (Wildman–Crippen LogP) is 2.45. The molecule has 4 N–H and O–H groups in total. The maximum atomic E-state index is 13.1. The number of non-ortho nitro benzene ring substituents is 1. The monoisotopic (exact) mass is 477 g/mol. The second-order valence-electron chi connectivity index (χ2n) is 7.79. The number of aliphatic carboxylic acids is 1. The van der Waals surface area contributed by atoms with Gasteiger partial charge >= 0.3 is 5.97 Å². The Kier molecular flexibility index (Phi) is 8.12. The number of carbonyl (C=O) groups is 3. The maximum Gasteiger partial charge on any atom is 0.326 e. The van der Waals surface area contributed by atoms with Crippen molar-refractivity contribution >= 4 is 23.5 Å². The molecule has 0 aromatic heterocycles. The first-order chi connectivity index (χ1) is 16.7. The summed E-state index contributed by atoms with van der Waals surface area (Å²) in [4.78, 5) is 47.9. The quantitative estimate of drug-likeness (QED) is 0.258. The van der Waals surface area contributed by atoms with Crippen LogP contribution in [0.4, 0.5) is 5.69 Å². The molecule has 35 heavy (non-hydrogen) atoms. The molecule has 0 spiro atoms. The average molecular weight is 477 g/mol. The van der Waals surface area contributed by atoms with E-state index < -0.39 is 34.8 Å². The summed E-state index contributed by atoms with van der Waals surface area (Å²) in [6.45, 7) is 0. The zero-order valence-electron chi connectivity index (χ0n) is 18.5. The second-order valence-corrected chi connectivity index (χ2v) is 7.79. The minimum atomic E-state index is -1.23. The Morgan fingerprint density at radius 3 is 1.94 bits per heavy atom. The number of hydrogen-bond acceptors (Lipinski definition) is 6. The third-order valence-electron chi connectivity index (χ3n) is 5.24. The van der Waals surface area contributed by atoms with Gasteiger partial charge in [0.25, 0.3) is 11.6 Å². The first kappa shape index (κ1) is 24.9. The Morgan fingerprint density at radius 1 is 0.800 bits per heavy atom. The molecule has 0 bridgehead atoms. The number of phenols is 1. The van der Waals surface area contributed by atoms with Crippen LogP contribution in [-0.4, -0.2) is 45.0 Å². The molecule has 10 heteroatoms. The normalized spacial score (nSPS) is 12.2. The second kappa shape index (κ2) is 11.4. The Balaban J connectivity index is 1.79. The van der Waals surface area contributed by atoms with Gasteiger partial charge in [0.1, 0.15) is 17.8 Å². The first-order valence-electron chi connectivity index (χ1n) is 10.6. The SMILES string of the molecule is O=C(NC(Cc1ccc(O)cc1)C(=O)NC(Cc1ccccc1)C(=O)O)c1ccc([N+](=O)[O-])cc1. The van der Waals surface area contributed by atoms with Crippen molar-refractivity contribution in [2.45, 2.75) is 24.9 Å². The van der Waals surface area contributed by atoms with Gasteiger partial charge in [0, 0.05) is 30.5 Å². The van der Waals surface area contributed by atoms with Crippen LogP contribution < -0.4 is 10.6 Å². The number of nitro groups is 1. The van der Waals surface area contributed by atoms with E-state index in [1.54, 1.807) is 42.5 Å². The zero-order chi connectivity index (χ0) is 25.4. The molecule has 180 valence electrons. The van der Waals surface area contributed by atoms with Gasteiger partial charge in [0.05, 0.1) is 4.92 Å². The van der Waals surface area contributed by atoms with Gasteiger partial charge in [-0.25, -0.2) is 4.79 Å². The van der Waals surface area contributed by atoms with Crippen LogP contribution in [0, 0.1) is 10.1 Å². The minimum Gasteiger partial charge on any atom is -0.508 e. The fraction of sp³-hybridized carbons (Fsp3) is 0.160. The molecule has 0 saturated carbocycles. The summed E-state index contributed by atoms with van der Waals surface area (Å²) in [6.07, 6.45) is 0.0622. The van der Waals surface area contributed by atoms with Crippen LogP contribution in [0.25, 0.3) is 0 Å². The number of carbonyl (C=O) groups excluding carboxylic acids is 2. The highest BCUT2D eigenvalue weighted by Crippen LogP contribution is 2.14. The molecule has 2 amide bonds. The van der Waals surface area contributed by atoms with Gasteiger partial charge in [0.2, 0.25) is 5.91 Å². The molecule has 0 aliphatic heterocycles. The van der Waals surface area contributed by atoms with E-state index in [0.717, 1.165) is 0 Å². The number of nitrogens with zero attached hydrogens (tertiary/aromatic N) is 1. The Morgan fingerprint density at radius 2 is 1.37 bits per heavy atom. The van der Waals surface area contributed by atoms with Gasteiger partial charge in [-0.2, -0.15) is 0 Å². The molecular weight excluding hydrogens is 454 g/mol. The van der Waals surface area contributed by atoms with Crippen LogP contribution in [0.15, 0.2) is 78.9 Å². The third-order valence-corrected chi connectivity index (χ3v) is 5.24. The molecule has 10 nitrogen and oxygen atoms in total. The molecular formula is C25H23N3O7. The summed E-state index contributed by atoms with van der Waals surface area (Å²) in [6, 6.07) is 17.3. The summed E-state index contributed by atoms with van der Waals surface area (Å²) in [5.74, 6) is -2.57. The lowest BCUT2D eigenvalue weighted by atomic mass is 10.0. The highest BCUT2D eigenvalue weighted by Gasteiger charge is 2.27. The molecule has 0 saturated heterocycles. The third kappa shape index (κ3) is 7.13. The minimum absolute atomic E-state index is 0.0164. The van der Waals surface area contributed by atoms with Gasteiger partial charge in [-0.05, 0) is 35.4 Å². The van der Waals surface area contributed by atoms with E-state index in [4.69, 9.17) is 0 Å². The molecule has 0 radical (unpaired) electrons. The Bertz CT molecular complexity index is 1200. The lowest BCUT2D eigenvalue weighted by molar-refractivity contribution is -0.384. The molecule has 0 heterocycles. The molecule has 3 rings (SSSR count). The summed E-state index contributed by atoms with van der Waals surface area (Å²) < 4.78 is 0. The van der Waals surface area contributed by atoms with Gasteiger partial charge in [-0.3, -0.25) is 19.7 Å². The number of nitro benzene ring substituents is 1. The van der Waals surface area contributed by atoms with Crippen LogP contribution in [-0.2, 0) is 22.4 Å². The summed E-state index contributed by atoms with van der Waals surface area (Å²) in [7, 11) is 0. The molecule has 2 unspecified atom stereocenters. The molecule has 3 aromatic carbocycles. The van der Waals surface area contributed by atoms with Crippen LogP contribution in [0.5, 0.6) is 5.75 Å². The number of amides is 2. The molecule has 0 aliphatic carbocycles. The van der Waals surface area contributed by atoms with E-state index >= 15 is 0 Å². The summed E-state index contributed by atoms with van der Waals surface area (Å²) >= 11 is 0. The van der Waals surface area contributed by atoms with Crippen molar-refractivity contribution in [1.82, 2.24) is 10.6 Å². The van der Waals surface area contributed by atoms with E-state index in [9.17, 15) is 34.7 Å². The average Bonchev–Trinajstić information content (AvgIpc) is 2.85. The molecule has 0 fully saturated rings. The number of phenolic OH excluding ortho intramolecular Hbond substituents is 1. The Labute approximate surface area is 200 Å². The van der Waals surface area contributed by atoms with Crippen molar-refractivity contribution in [3.8, 4) is 5.75 Å².